The second-order valence-corrected chi connectivity index (χ2v) is 12.8. The van der Waals surface area contributed by atoms with Gasteiger partial charge in [0, 0.05) is 42.6 Å². The molecule has 0 atom stereocenters. The van der Waals surface area contributed by atoms with Crippen LogP contribution in [0.4, 0.5) is 17.1 Å². The minimum absolute atomic E-state index is 1.12. The molecule has 0 radical (unpaired) electrons. The van der Waals surface area contributed by atoms with E-state index < -0.39 is 0 Å². The third-order valence-electron chi connectivity index (χ3n) is 9.05. The van der Waals surface area contributed by atoms with Crippen LogP contribution in [-0.4, -0.2) is 0 Å². The van der Waals surface area contributed by atoms with Crippen molar-refractivity contribution >= 4 is 70.1 Å². The van der Waals surface area contributed by atoms with Gasteiger partial charge in [0.1, 0.15) is 0 Å². The van der Waals surface area contributed by atoms with Gasteiger partial charge in [-0.1, -0.05) is 133 Å². The van der Waals surface area contributed by atoms with Gasteiger partial charge in [0.2, 0.25) is 0 Å². The first kappa shape index (κ1) is 26.7. The molecule has 1 nitrogen and oxygen atoms in total. The minimum atomic E-state index is 1.12. The molecule has 0 saturated heterocycles. The molecule has 9 aromatic rings. The van der Waals surface area contributed by atoms with Crippen molar-refractivity contribution in [2.45, 2.75) is 0 Å². The first-order chi connectivity index (χ1) is 22.8. The molecule has 1 aromatic heterocycles. The van der Waals surface area contributed by atoms with E-state index in [-0.39, 0.29) is 0 Å². The maximum absolute atomic E-state index is 2.39. The van der Waals surface area contributed by atoms with Crippen molar-refractivity contribution in [3.63, 3.8) is 0 Å². The maximum atomic E-state index is 2.39. The van der Waals surface area contributed by atoms with E-state index in [9.17, 15) is 0 Å². The highest BCUT2D eigenvalue weighted by Crippen LogP contribution is 2.43. The van der Waals surface area contributed by atoms with E-state index in [1.54, 1.807) is 0 Å². The predicted molar refractivity (Wildman–Crippen MR) is 200 cm³/mol. The van der Waals surface area contributed by atoms with Crippen molar-refractivity contribution in [3.05, 3.63) is 176 Å². The molecule has 0 aliphatic carbocycles. The third kappa shape index (κ3) is 4.54. The zero-order valence-corrected chi connectivity index (χ0v) is 25.9. The lowest BCUT2D eigenvalue weighted by Gasteiger charge is -2.26. The predicted octanol–water partition coefficient (Wildman–Crippen LogP) is 13.2. The van der Waals surface area contributed by atoms with Gasteiger partial charge in [-0.05, 0) is 80.9 Å². The molecule has 2 heteroatoms. The zero-order valence-electron chi connectivity index (χ0n) is 25.1. The largest absolute Gasteiger partial charge is 0.310 e. The van der Waals surface area contributed by atoms with Gasteiger partial charge < -0.3 is 4.90 Å². The fourth-order valence-electron chi connectivity index (χ4n) is 6.76. The summed E-state index contributed by atoms with van der Waals surface area (Å²) in [5.74, 6) is 0. The van der Waals surface area contributed by atoms with Gasteiger partial charge in [0.05, 0.1) is 0 Å². The van der Waals surface area contributed by atoms with Crippen LogP contribution in [0.2, 0.25) is 0 Å². The van der Waals surface area contributed by atoms with Crippen molar-refractivity contribution in [2.24, 2.45) is 0 Å². The highest BCUT2D eigenvalue weighted by atomic mass is 32.1. The van der Waals surface area contributed by atoms with Crippen LogP contribution in [-0.2, 0) is 0 Å². The molecule has 0 amide bonds. The molecule has 0 N–H and O–H groups in total. The third-order valence-corrected chi connectivity index (χ3v) is 10.3. The Balaban J connectivity index is 1.24. The summed E-state index contributed by atoms with van der Waals surface area (Å²) in [6, 6.07) is 63.8. The Morgan fingerprint density at radius 3 is 1.50 bits per heavy atom. The molecular formula is C44H29NS. The molecule has 0 unspecified atom stereocenters. The van der Waals surface area contributed by atoms with E-state index in [0.29, 0.717) is 0 Å². The summed E-state index contributed by atoms with van der Waals surface area (Å²) >= 11 is 1.90. The Bertz CT molecular complexity index is 2410. The number of rotatable bonds is 5. The van der Waals surface area contributed by atoms with Gasteiger partial charge in [-0.15, -0.1) is 11.3 Å². The summed E-state index contributed by atoms with van der Waals surface area (Å²) in [7, 11) is 0. The molecule has 1 heterocycles. The lowest BCUT2D eigenvalue weighted by molar-refractivity contribution is 1.29. The van der Waals surface area contributed by atoms with Crippen LogP contribution in [0, 0.1) is 0 Å². The molecule has 46 heavy (non-hydrogen) atoms. The van der Waals surface area contributed by atoms with E-state index in [2.05, 4.69) is 181 Å². The van der Waals surface area contributed by atoms with Crippen molar-refractivity contribution < 1.29 is 0 Å². The molecule has 0 fully saturated rings. The van der Waals surface area contributed by atoms with Crippen LogP contribution in [0.3, 0.4) is 0 Å². The summed E-state index contributed by atoms with van der Waals surface area (Å²) < 4.78 is 2.68. The topological polar surface area (TPSA) is 3.24 Å². The molecule has 0 aliphatic rings. The standard InChI is InChI=1S/C44H29NS/c1-3-9-30(10-4-1)32-17-23-36(24-18-32)45(37-25-19-33(20-26-37)31-11-5-2-6-12-31)38-27-21-34-15-16-35-22-28-40-39-13-7-8-14-42(39)46-44(40)43(35)41(34)29-38/h1-29H. The molecule has 0 saturated carbocycles. The fourth-order valence-corrected chi connectivity index (χ4v) is 8.03. The van der Waals surface area contributed by atoms with Crippen molar-refractivity contribution in [2.75, 3.05) is 4.90 Å². The second kappa shape index (κ2) is 11.0. The Hall–Kier alpha value is -5.70. The fraction of sp³-hybridized carbons (Fsp3) is 0. The molecule has 8 aromatic carbocycles. The van der Waals surface area contributed by atoms with Crippen LogP contribution in [0.15, 0.2) is 176 Å². The van der Waals surface area contributed by atoms with Gasteiger partial charge in [-0.2, -0.15) is 0 Å². The highest BCUT2D eigenvalue weighted by molar-refractivity contribution is 7.26. The van der Waals surface area contributed by atoms with Crippen LogP contribution >= 0.6 is 11.3 Å². The van der Waals surface area contributed by atoms with Gasteiger partial charge in [0.15, 0.2) is 0 Å². The highest BCUT2D eigenvalue weighted by Gasteiger charge is 2.16. The van der Waals surface area contributed by atoms with Crippen molar-refractivity contribution in [1.29, 1.82) is 0 Å². The normalized spacial score (nSPS) is 11.5. The molecule has 0 bridgehead atoms. The van der Waals surface area contributed by atoms with Gasteiger partial charge in [0.25, 0.3) is 0 Å². The van der Waals surface area contributed by atoms with Crippen LogP contribution in [0.25, 0.3) is 64.0 Å². The van der Waals surface area contributed by atoms with Gasteiger partial charge >= 0.3 is 0 Å². The molecular weight excluding hydrogens is 575 g/mol. The van der Waals surface area contributed by atoms with Crippen LogP contribution in [0.1, 0.15) is 0 Å². The van der Waals surface area contributed by atoms with Crippen LogP contribution in [0.5, 0.6) is 0 Å². The van der Waals surface area contributed by atoms with Crippen molar-refractivity contribution in [3.8, 4) is 22.3 Å². The van der Waals surface area contributed by atoms with E-state index in [4.69, 9.17) is 0 Å². The summed E-state index contributed by atoms with van der Waals surface area (Å²) in [5.41, 5.74) is 8.24. The second-order valence-electron chi connectivity index (χ2n) is 11.8. The number of anilines is 3. The van der Waals surface area contributed by atoms with Gasteiger partial charge in [-0.25, -0.2) is 0 Å². The van der Waals surface area contributed by atoms with Crippen LogP contribution < -0.4 is 4.90 Å². The average Bonchev–Trinajstić information content (AvgIpc) is 3.52. The lowest BCUT2D eigenvalue weighted by Crippen LogP contribution is -2.09. The summed E-state index contributed by atoms with van der Waals surface area (Å²) in [5, 5.41) is 7.79. The monoisotopic (exact) mass is 603 g/mol. The van der Waals surface area contributed by atoms with Gasteiger partial charge in [-0.3, -0.25) is 0 Å². The zero-order chi connectivity index (χ0) is 30.5. The number of fused-ring (bicyclic) bond motifs is 7. The number of hydrogen-bond donors (Lipinski definition) is 0. The SMILES string of the molecule is c1ccc(-c2ccc(N(c3ccc(-c4ccccc4)cc3)c3ccc4ccc5ccc6c7ccccc7sc6c5c4c3)cc2)cc1. The van der Waals surface area contributed by atoms with E-state index in [1.807, 2.05) is 11.3 Å². The first-order valence-electron chi connectivity index (χ1n) is 15.7. The Kier molecular flexibility index (Phi) is 6.40. The van der Waals surface area contributed by atoms with E-state index >= 15 is 0 Å². The molecule has 216 valence electrons. The number of thiophene rings is 1. The molecule has 0 spiro atoms. The minimum Gasteiger partial charge on any atom is -0.310 e. The Morgan fingerprint density at radius 2 is 0.848 bits per heavy atom. The summed E-state index contributed by atoms with van der Waals surface area (Å²) in [6.07, 6.45) is 0. The number of benzene rings is 8. The summed E-state index contributed by atoms with van der Waals surface area (Å²) in [6.45, 7) is 0. The van der Waals surface area contributed by atoms with E-state index in [0.717, 1.165) is 17.1 Å². The average molecular weight is 604 g/mol. The lowest BCUT2D eigenvalue weighted by atomic mass is 9.98. The molecule has 0 aliphatic heterocycles. The Labute approximate surface area is 272 Å². The summed E-state index contributed by atoms with van der Waals surface area (Å²) in [4.78, 5) is 2.38. The number of hydrogen-bond acceptors (Lipinski definition) is 2. The van der Waals surface area contributed by atoms with E-state index in [1.165, 1.54) is 64.0 Å². The maximum Gasteiger partial charge on any atom is 0.0468 e. The molecule has 9 rings (SSSR count). The number of nitrogens with zero attached hydrogens (tertiary/aromatic N) is 1. The smallest absolute Gasteiger partial charge is 0.0468 e. The first-order valence-corrected chi connectivity index (χ1v) is 16.5. The quantitative estimate of drug-likeness (QED) is 0.177. The van der Waals surface area contributed by atoms with Crippen molar-refractivity contribution in [1.82, 2.24) is 0 Å². The Morgan fingerprint density at radius 1 is 0.348 bits per heavy atom.